The molecule has 0 radical (unpaired) electrons. The molecule has 2 aromatic rings. The van der Waals surface area contributed by atoms with Crippen molar-refractivity contribution in [3.05, 3.63) is 53.1 Å². The number of carbonyl (C=O) groups is 4. The van der Waals surface area contributed by atoms with Crippen molar-refractivity contribution < 1.29 is 23.9 Å². The molecular formula is C20H17ClN2O5S. The Hall–Kier alpha value is -2.84. The number of esters is 1. The van der Waals surface area contributed by atoms with Gasteiger partial charge in [-0.15, -0.1) is 11.8 Å². The maximum atomic E-state index is 12.2. The average molecular weight is 433 g/mol. The highest BCUT2D eigenvalue weighted by Crippen LogP contribution is 2.38. The summed E-state index contributed by atoms with van der Waals surface area (Å²) in [5.41, 5.74) is 1.52. The number of ketones is 1. The molecule has 0 spiro atoms. The first-order valence-corrected chi connectivity index (χ1v) is 9.91. The summed E-state index contributed by atoms with van der Waals surface area (Å²) < 4.78 is 5.04. The number of fused-ring (bicyclic) bond motifs is 1. The minimum atomic E-state index is -0.650. The van der Waals surface area contributed by atoms with Crippen molar-refractivity contribution in [2.45, 2.75) is 23.5 Å². The molecule has 0 aromatic heterocycles. The van der Waals surface area contributed by atoms with E-state index in [-0.39, 0.29) is 24.0 Å². The van der Waals surface area contributed by atoms with Gasteiger partial charge in [0, 0.05) is 28.1 Å². The van der Waals surface area contributed by atoms with E-state index in [1.165, 1.54) is 30.8 Å². The molecule has 1 heterocycles. The topological polar surface area (TPSA) is 102 Å². The lowest BCUT2D eigenvalue weighted by atomic mass is 10.1. The fraction of sp³-hybridized carbons (Fsp3) is 0.200. The van der Waals surface area contributed by atoms with Crippen molar-refractivity contribution in [2.75, 3.05) is 17.2 Å². The third kappa shape index (κ3) is 5.58. The summed E-state index contributed by atoms with van der Waals surface area (Å²) in [6.07, 6.45) is -0.159. The van der Waals surface area contributed by atoms with Crippen LogP contribution in [0.15, 0.2) is 47.4 Å². The van der Waals surface area contributed by atoms with Crippen molar-refractivity contribution >= 4 is 58.3 Å². The molecule has 0 aliphatic carbocycles. The maximum absolute atomic E-state index is 12.2. The second-order valence-corrected chi connectivity index (χ2v) is 7.96. The summed E-state index contributed by atoms with van der Waals surface area (Å²) in [4.78, 5) is 48.3. The minimum absolute atomic E-state index is 0.159. The first kappa shape index (κ1) is 20.9. The molecular weight excluding hydrogens is 416 g/mol. The minimum Gasteiger partial charge on any atom is -0.457 e. The number of amides is 2. The van der Waals surface area contributed by atoms with Crippen LogP contribution in [0.1, 0.15) is 23.7 Å². The van der Waals surface area contributed by atoms with Crippen LogP contribution >= 0.6 is 23.4 Å². The highest BCUT2D eigenvalue weighted by atomic mass is 35.5. The lowest BCUT2D eigenvalue weighted by Crippen LogP contribution is -2.31. The Morgan fingerprint density at radius 3 is 2.59 bits per heavy atom. The summed E-state index contributed by atoms with van der Waals surface area (Å²) in [6.45, 7) is 0.959. The summed E-state index contributed by atoms with van der Waals surface area (Å²) in [6, 6.07) is 11.4. The van der Waals surface area contributed by atoms with E-state index in [1.54, 1.807) is 30.3 Å². The zero-order valence-corrected chi connectivity index (χ0v) is 16.9. The van der Waals surface area contributed by atoms with Crippen LogP contribution in [0.25, 0.3) is 0 Å². The van der Waals surface area contributed by atoms with E-state index >= 15 is 0 Å². The molecule has 0 fully saturated rings. The maximum Gasteiger partial charge on any atom is 0.307 e. The molecule has 150 valence electrons. The van der Waals surface area contributed by atoms with Crippen LogP contribution in [0.3, 0.4) is 0 Å². The quantitative estimate of drug-likeness (QED) is 0.535. The van der Waals surface area contributed by atoms with Crippen LogP contribution in [0.5, 0.6) is 0 Å². The summed E-state index contributed by atoms with van der Waals surface area (Å²) in [7, 11) is 0. The lowest BCUT2D eigenvalue weighted by Gasteiger charge is -2.23. The van der Waals surface area contributed by atoms with Gasteiger partial charge in [0.05, 0.1) is 17.4 Å². The van der Waals surface area contributed by atoms with Gasteiger partial charge in [0.2, 0.25) is 11.8 Å². The molecule has 1 aliphatic rings. The predicted molar refractivity (Wildman–Crippen MR) is 110 cm³/mol. The lowest BCUT2D eigenvalue weighted by molar-refractivity contribution is -0.143. The Morgan fingerprint density at radius 1 is 1.17 bits per heavy atom. The number of hydrogen-bond acceptors (Lipinski definition) is 6. The standard InChI is InChI=1S/C20H17ClN2O5S/c1-11(24)22-14-5-2-12(3-6-14)16(25)10-28-19(26)9-18-20(27)23-15-8-13(21)4-7-17(15)29-18/h2-8,18H,9-10H2,1H3,(H,22,24)(H,23,27). The molecule has 2 amide bonds. The Kier molecular flexibility index (Phi) is 6.56. The summed E-state index contributed by atoms with van der Waals surface area (Å²) in [5.74, 6) is -1.55. The Labute approximate surface area is 176 Å². The van der Waals surface area contributed by atoms with Crippen molar-refractivity contribution in [3.8, 4) is 0 Å². The first-order chi connectivity index (χ1) is 13.8. The summed E-state index contributed by atoms with van der Waals surface area (Å²) >= 11 is 7.16. The number of thioether (sulfide) groups is 1. The SMILES string of the molecule is CC(=O)Nc1ccc(C(=O)COC(=O)CC2Sc3ccc(Cl)cc3NC2=O)cc1. The normalized spacial score (nSPS) is 15.1. The van der Waals surface area contributed by atoms with E-state index in [0.717, 1.165) is 4.90 Å². The zero-order valence-electron chi connectivity index (χ0n) is 15.4. The van der Waals surface area contributed by atoms with Crippen molar-refractivity contribution in [2.24, 2.45) is 0 Å². The monoisotopic (exact) mass is 432 g/mol. The van der Waals surface area contributed by atoms with Gasteiger partial charge in [-0.25, -0.2) is 0 Å². The molecule has 1 atom stereocenters. The van der Waals surface area contributed by atoms with Gasteiger partial charge in [0.1, 0.15) is 0 Å². The van der Waals surface area contributed by atoms with Gasteiger partial charge in [-0.3, -0.25) is 19.2 Å². The molecule has 1 unspecified atom stereocenters. The highest BCUT2D eigenvalue weighted by molar-refractivity contribution is 8.01. The first-order valence-electron chi connectivity index (χ1n) is 8.65. The number of Topliss-reactive ketones (excluding diaryl/α,β-unsaturated/α-hetero) is 1. The Balaban J connectivity index is 1.52. The third-order valence-electron chi connectivity index (χ3n) is 4.00. The molecule has 0 saturated carbocycles. The second-order valence-electron chi connectivity index (χ2n) is 6.28. The highest BCUT2D eigenvalue weighted by Gasteiger charge is 2.30. The van der Waals surface area contributed by atoms with Crippen molar-refractivity contribution in [3.63, 3.8) is 0 Å². The smallest absolute Gasteiger partial charge is 0.307 e. The van der Waals surface area contributed by atoms with Crippen LogP contribution < -0.4 is 10.6 Å². The molecule has 0 bridgehead atoms. The molecule has 3 rings (SSSR count). The largest absolute Gasteiger partial charge is 0.457 e. The number of rotatable bonds is 6. The van der Waals surface area contributed by atoms with E-state index in [1.807, 2.05) is 0 Å². The van der Waals surface area contributed by atoms with Crippen molar-refractivity contribution in [1.82, 2.24) is 0 Å². The van der Waals surface area contributed by atoms with Crippen molar-refractivity contribution in [1.29, 1.82) is 0 Å². The molecule has 29 heavy (non-hydrogen) atoms. The van der Waals surface area contributed by atoms with E-state index in [4.69, 9.17) is 16.3 Å². The van der Waals surface area contributed by atoms with E-state index < -0.39 is 17.8 Å². The van der Waals surface area contributed by atoms with Gasteiger partial charge in [-0.05, 0) is 42.5 Å². The number of ether oxygens (including phenoxy) is 1. The molecule has 2 N–H and O–H groups in total. The summed E-state index contributed by atoms with van der Waals surface area (Å²) in [5, 5.41) is 5.17. The fourth-order valence-electron chi connectivity index (χ4n) is 2.64. The van der Waals surface area contributed by atoms with Gasteiger partial charge in [-0.2, -0.15) is 0 Å². The number of nitrogens with one attached hydrogen (secondary N) is 2. The number of benzene rings is 2. The van der Waals surface area contributed by atoms with Gasteiger partial charge in [0.25, 0.3) is 0 Å². The van der Waals surface area contributed by atoms with Crippen LogP contribution in [0.4, 0.5) is 11.4 Å². The van der Waals surface area contributed by atoms with Gasteiger partial charge in [0.15, 0.2) is 12.4 Å². The zero-order chi connectivity index (χ0) is 21.0. The average Bonchev–Trinajstić information content (AvgIpc) is 2.67. The van der Waals surface area contributed by atoms with Gasteiger partial charge >= 0.3 is 5.97 Å². The molecule has 9 heteroatoms. The van der Waals surface area contributed by atoms with Crippen LogP contribution in [-0.4, -0.2) is 35.4 Å². The molecule has 7 nitrogen and oxygen atoms in total. The van der Waals surface area contributed by atoms with E-state index in [0.29, 0.717) is 22.0 Å². The number of anilines is 2. The van der Waals surface area contributed by atoms with E-state index in [2.05, 4.69) is 10.6 Å². The fourth-order valence-corrected chi connectivity index (χ4v) is 3.89. The molecule has 0 saturated heterocycles. The van der Waals surface area contributed by atoms with Crippen LogP contribution in [0.2, 0.25) is 5.02 Å². The number of halogens is 1. The van der Waals surface area contributed by atoms with Crippen LogP contribution in [0, 0.1) is 0 Å². The third-order valence-corrected chi connectivity index (χ3v) is 5.51. The molecule has 1 aliphatic heterocycles. The number of carbonyl (C=O) groups excluding carboxylic acids is 4. The van der Waals surface area contributed by atoms with Crippen LogP contribution in [-0.2, 0) is 19.1 Å². The number of hydrogen-bond donors (Lipinski definition) is 2. The Bertz CT molecular complexity index is 977. The van der Waals surface area contributed by atoms with E-state index in [9.17, 15) is 19.2 Å². The second kappa shape index (κ2) is 9.11. The molecule has 2 aromatic carbocycles. The predicted octanol–water partition coefficient (Wildman–Crippen LogP) is 3.53. The van der Waals surface area contributed by atoms with Gasteiger partial charge < -0.3 is 15.4 Å². The van der Waals surface area contributed by atoms with Gasteiger partial charge in [-0.1, -0.05) is 11.6 Å². The Morgan fingerprint density at radius 2 is 1.90 bits per heavy atom.